The van der Waals surface area contributed by atoms with Gasteiger partial charge in [-0.1, -0.05) is 12.2 Å². The second-order valence-corrected chi connectivity index (χ2v) is 6.45. The molecule has 2 rings (SSSR count). The summed E-state index contributed by atoms with van der Waals surface area (Å²) in [6.07, 6.45) is 7.97. The number of carbonyl (C=O) groups is 1. The van der Waals surface area contributed by atoms with Gasteiger partial charge in [0.25, 0.3) is 0 Å². The number of hydrogen-bond acceptors (Lipinski definition) is 2. The van der Waals surface area contributed by atoms with Crippen LogP contribution in [-0.4, -0.2) is 16.9 Å². The molecule has 4 heteroatoms. The van der Waals surface area contributed by atoms with Crippen molar-refractivity contribution in [2.24, 2.45) is 11.3 Å². The van der Waals surface area contributed by atoms with E-state index < -0.39 is 9.75 Å². The first kappa shape index (κ1) is 12.3. The number of hydrogen-bond donors (Lipinski definition) is 0. The van der Waals surface area contributed by atoms with Gasteiger partial charge in [-0.3, -0.25) is 4.79 Å². The molecule has 2 aliphatic carbocycles. The minimum absolute atomic E-state index is 0.257. The van der Waals surface area contributed by atoms with Crippen molar-refractivity contribution in [1.29, 1.82) is 0 Å². The molecule has 0 aromatic carbocycles. The summed E-state index contributed by atoms with van der Waals surface area (Å²) in [5.41, 5.74) is -0.694. The summed E-state index contributed by atoms with van der Waals surface area (Å²) in [7, 11) is 0. The maximum absolute atomic E-state index is 11.8. The average molecular weight is 263 g/mol. The van der Waals surface area contributed by atoms with Crippen LogP contribution in [0.1, 0.15) is 32.6 Å². The van der Waals surface area contributed by atoms with Crippen molar-refractivity contribution in [3.63, 3.8) is 0 Å². The largest absolute Gasteiger partial charge is 0.465 e. The molecule has 2 atom stereocenters. The number of ether oxygens (including phenoxy) is 1. The molecule has 1 fully saturated rings. The first-order valence-corrected chi connectivity index (χ1v) is 6.41. The molecule has 0 aliphatic heterocycles. The third kappa shape index (κ3) is 2.23. The van der Waals surface area contributed by atoms with Gasteiger partial charge in [-0.2, -0.15) is 0 Å². The Labute approximate surface area is 106 Å². The van der Waals surface area contributed by atoms with Crippen molar-refractivity contribution in [3.8, 4) is 0 Å². The minimum atomic E-state index is -0.920. The molecule has 2 nitrogen and oxygen atoms in total. The Morgan fingerprint density at radius 3 is 2.69 bits per heavy atom. The second-order valence-electron chi connectivity index (χ2n) is 4.96. The van der Waals surface area contributed by atoms with Crippen molar-refractivity contribution in [3.05, 3.63) is 12.2 Å². The van der Waals surface area contributed by atoms with Gasteiger partial charge in [-0.05, 0) is 32.1 Å². The minimum Gasteiger partial charge on any atom is -0.465 e. The molecule has 0 aromatic rings. The highest BCUT2D eigenvalue weighted by Gasteiger charge is 2.69. The van der Waals surface area contributed by atoms with Crippen LogP contribution in [0.5, 0.6) is 0 Å². The zero-order valence-corrected chi connectivity index (χ0v) is 10.9. The predicted molar refractivity (Wildman–Crippen MR) is 64.6 cm³/mol. The summed E-state index contributed by atoms with van der Waals surface area (Å²) in [5, 5.41) is 0. The Morgan fingerprint density at radius 2 is 2.19 bits per heavy atom. The van der Waals surface area contributed by atoms with Crippen LogP contribution in [0, 0.1) is 11.3 Å². The summed E-state index contributed by atoms with van der Waals surface area (Å²) in [6.45, 7) is 2.25. The monoisotopic (exact) mass is 262 g/mol. The molecule has 90 valence electrons. The number of allylic oxidation sites excluding steroid dienone is 2. The van der Waals surface area contributed by atoms with Gasteiger partial charge < -0.3 is 4.74 Å². The van der Waals surface area contributed by atoms with Gasteiger partial charge in [0, 0.05) is 6.42 Å². The fourth-order valence-corrected chi connectivity index (χ4v) is 2.67. The molecule has 0 saturated heterocycles. The van der Waals surface area contributed by atoms with Crippen LogP contribution in [0.3, 0.4) is 0 Å². The standard InChI is InChI=1S/C12H16Cl2O2/c1-11(8-12(11,13)14)10(15)16-7-9-5-3-2-4-6-9/h2-3,9H,4-8H2,1H3. The number of alkyl halides is 2. The van der Waals surface area contributed by atoms with Crippen molar-refractivity contribution >= 4 is 29.2 Å². The smallest absolute Gasteiger partial charge is 0.314 e. The first-order chi connectivity index (χ1) is 7.46. The van der Waals surface area contributed by atoms with E-state index >= 15 is 0 Å². The van der Waals surface area contributed by atoms with E-state index in [-0.39, 0.29) is 5.97 Å². The van der Waals surface area contributed by atoms with Crippen molar-refractivity contribution in [2.45, 2.75) is 36.9 Å². The highest BCUT2D eigenvalue weighted by Crippen LogP contribution is 2.64. The van der Waals surface area contributed by atoms with Gasteiger partial charge >= 0.3 is 5.97 Å². The number of rotatable bonds is 3. The van der Waals surface area contributed by atoms with Gasteiger partial charge in [0.05, 0.1) is 6.61 Å². The number of halogens is 2. The highest BCUT2D eigenvalue weighted by molar-refractivity contribution is 6.53. The molecular formula is C12H16Cl2O2. The lowest BCUT2D eigenvalue weighted by atomic mass is 9.95. The lowest BCUT2D eigenvalue weighted by molar-refractivity contribution is -0.151. The molecule has 16 heavy (non-hydrogen) atoms. The summed E-state index contributed by atoms with van der Waals surface area (Å²) < 4.78 is 4.38. The molecule has 2 unspecified atom stereocenters. The molecule has 0 aromatic heterocycles. The van der Waals surface area contributed by atoms with E-state index in [1.165, 1.54) is 0 Å². The van der Waals surface area contributed by atoms with E-state index in [0.29, 0.717) is 18.9 Å². The molecule has 0 bridgehead atoms. The highest BCUT2D eigenvalue weighted by atomic mass is 35.5. The van der Waals surface area contributed by atoms with Gasteiger partial charge in [-0.25, -0.2) is 0 Å². The zero-order valence-electron chi connectivity index (χ0n) is 9.34. The molecule has 0 N–H and O–H groups in total. The first-order valence-electron chi connectivity index (χ1n) is 5.66. The van der Waals surface area contributed by atoms with Crippen LogP contribution < -0.4 is 0 Å². The lowest BCUT2D eigenvalue weighted by Crippen LogP contribution is -2.24. The fourth-order valence-electron chi connectivity index (χ4n) is 1.98. The topological polar surface area (TPSA) is 26.3 Å². The van der Waals surface area contributed by atoms with E-state index in [0.717, 1.165) is 19.3 Å². The van der Waals surface area contributed by atoms with E-state index in [1.807, 2.05) is 0 Å². The van der Waals surface area contributed by atoms with Gasteiger partial charge in [-0.15, -0.1) is 23.2 Å². The van der Waals surface area contributed by atoms with Crippen LogP contribution in [0.15, 0.2) is 12.2 Å². The molecule has 0 spiro atoms. The molecular weight excluding hydrogens is 247 g/mol. The number of esters is 1. The third-order valence-corrected chi connectivity index (χ3v) is 4.64. The van der Waals surface area contributed by atoms with Gasteiger partial charge in [0.2, 0.25) is 0 Å². The van der Waals surface area contributed by atoms with Crippen LogP contribution in [0.4, 0.5) is 0 Å². The quantitative estimate of drug-likeness (QED) is 0.442. The summed E-state index contributed by atoms with van der Waals surface area (Å²) in [5.74, 6) is 0.198. The Bertz CT molecular complexity index is 325. The van der Waals surface area contributed by atoms with Crippen molar-refractivity contribution in [1.82, 2.24) is 0 Å². The van der Waals surface area contributed by atoms with Crippen LogP contribution in [0.2, 0.25) is 0 Å². The molecule has 0 heterocycles. The average Bonchev–Trinajstić information content (AvgIpc) is 2.78. The Hall–Kier alpha value is -0.210. The third-order valence-electron chi connectivity index (χ3n) is 3.54. The summed E-state index contributed by atoms with van der Waals surface area (Å²) in [6, 6.07) is 0. The lowest BCUT2D eigenvalue weighted by Gasteiger charge is -2.19. The maximum Gasteiger partial charge on any atom is 0.314 e. The van der Waals surface area contributed by atoms with E-state index in [4.69, 9.17) is 27.9 Å². The SMILES string of the molecule is CC1(C(=O)OCC2CC=CCC2)CC1(Cl)Cl. The van der Waals surface area contributed by atoms with E-state index in [2.05, 4.69) is 12.2 Å². The Kier molecular flexibility index (Phi) is 3.24. The van der Waals surface area contributed by atoms with Gasteiger partial charge in [0.1, 0.15) is 9.75 Å². The van der Waals surface area contributed by atoms with Crippen LogP contribution in [0.25, 0.3) is 0 Å². The number of carbonyl (C=O) groups excluding carboxylic acids is 1. The molecule has 1 saturated carbocycles. The maximum atomic E-state index is 11.8. The normalized spacial score (nSPS) is 35.8. The fraction of sp³-hybridized carbons (Fsp3) is 0.750. The molecule has 0 radical (unpaired) electrons. The second kappa shape index (κ2) is 4.23. The summed E-state index contributed by atoms with van der Waals surface area (Å²) in [4.78, 5) is 11.8. The Morgan fingerprint density at radius 1 is 1.50 bits per heavy atom. The Balaban J connectivity index is 1.79. The molecule has 2 aliphatic rings. The van der Waals surface area contributed by atoms with E-state index in [9.17, 15) is 4.79 Å². The van der Waals surface area contributed by atoms with Gasteiger partial charge in [0.15, 0.2) is 0 Å². The van der Waals surface area contributed by atoms with Crippen molar-refractivity contribution in [2.75, 3.05) is 6.61 Å². The molecule has 0 amide bonds. The zero-order chi connectivity index (χ0) is 11.8. The van der Waals surface area contributed by atoms with Crippen molar-refractivity contribution < 1.29 is 9.53 Å². The van der Waals surface area contributed by atoms with E-state index in [1.54, 1.807) is 6.92 Å². The van der Waals surface area contributed by atoms with Crippen LogP contribution >= 0.6 is 23.2 Å². The van der Waals surface area contributed by atoms with Crippen LogP contribution in [-0.2, 0) is 9.53 Å². The summed E-state index contributed by atoms with van der Waals surface area (Å²) >= 11 is 11.8. The predicted octanol–water partition coefficient (Wildman–Crippen LogP) is 3.47.